The fourth-order valence-electron chi connectivity index (χ4n) is 3.68. The van der Waals surface area contributed by atoms with Gasteiger partial charge in [-0.15, -0.1) is 0 Å². The molecule has 2 fully saturated rings. The molecule has 3 aliphatic heterocycles. The average Bonchev–Trinajstić information content (AvgIpc) is 3.15. The van der Waals surface area contributed by atoms with Crippen molar-refractivity contribution in [3.05, 3.63) is 65.4 Å². The SMILES string of the molecule is C=C1N=C(Nc2cccc(Cl)c2)C=C(NC(=O)C2CCNCC2)N1/N=C\C/C=C1\NC(=O)NC1=O. The molecule has 0 spiro atoms. The standard InChI is InChI=1S/C23H25ClN8O3/c1-14-27-19(28-17-5-2-4-16(24)12-17)13-20(30-21(33)15-7-10-25-11-8-15)32(14)26-9-3-6-18-22(34)31-23(35)29-18/h2,4-6,9,12-13,15,25H,1,3,7-8,10-11H2,(H,27,28)(H,30,33)(H2,29,31,34,35)/b18-6-,26-9-. The molecule has 12 heteroatoms. The number of imide groups is 1. The zero-order valence-corrected chi connectivity index (χ0v) is 19.6. The number of amidine groups is 1. The van der Waals surface area contributed by atoms with Crippen molar-refractivity contribution in [2.45, 2.75) is 19.3 Å². The van der Waals surface area contributed by atoms with Crippen LogP contribution in [0.3, 0.4) is 0 Å². The van der Waals surface area contributed by atoms with E-state index < -0.39 is 11.9 Å². The molecule has 1 aromatic carbocycles. The van der Waals surface area contributed by atoms with E-state index in [-0.39, 0.29) is 29.8 Å². The third-order valence-corrected chi connectivity index (χ3v) is 5.63. The lowest BCUT2D eigenvalue weighted by Gasteiger charge is -2.28. The summed E-state index contributed by atoms with van der Waals surface area (Å²) in [7, 11) is 0. The fourth-order valence-corrected chi connectivity index (χ4v) is 3.87. The van der Waals surface area contributed by atoms with E-state index in [4.69, 9.17) is 11.6 Å². The first kappa shape index (κ1) is 24.2. The molecule has 3 heterocycles. The van der Waals surface area contributed by atoms with Crippen LogP contribution in [0.15, 0.2) is 70.4 Å². The van der Waals surface area contributed by atoms with Crippen LogP contribution < -0.4 is 26.6 Å². The van der Waals surface area contributed by atoms with Crippen LogP contribution >= 0.6 is 11.6 Å². The van der Waals surface area contributed by atoms with Gasteiger partial charge in [-0.25, -0.2) is 9.79 Å². The molecule has 4 amide bonds. The molecule has 4 rings (SSSR count). The third kappa shape index (κ3) is 6.34. The Morgan fingerprint density at radius 2 is 2.09 bits per heavy atom. The van der Waals surface area contributed by atoms with Crippen molar-refractivity contribution in [2.24, 2.45) is 16.0 Å². The van der Waals surface area contributed by atoms with E-state index in [0.29, 0.717) is 16.7 Å². The number of anilines is 1. The molecule has 0 saturated carbocycles. The molecule has 35 heavy (non-hydrogen) atoms. The number of carbonyl (C=O) groups is 3. The number of urea groups is 1. The van der Waals surface area contributed by atoms with Crippen molar-refractivity contribution in [1.29, 1.82) is 0 Å². The first-order valence-corrected chi connectivity index (χ1v) is 11.5. The Morgan fingerprint density at radius 3 is 2.80 bits per heavy atom. The minimum Gasteiger partial charge on any atom is -0.340 e. The van der Waals surface area contributed by atoms with Crippen molar-refractivity contribution in [3.8, 4) is 0 Å². The number of allylic oxidation sites excluding steroid dienone is 1. The van der Waals surface area contributed by atoms with Crippen LogP contribution in [0.2, 0.25) is 5.02 Å². The van der Waals surface area contributed by atoms with Gasteiger partial charge >= 0.3 is 6.03 Å². The Morgan fingerprint density at radius 1 is 1.29 bits per heavy atom. The second-order valence-electron chi connectivity index (χ2n) is 7.96. The Bertz CT molecular complexity index is 1170. The van der Waals surface area contributed by atoms with E-state index in [1.54, 1.807) is 18.2 Å². The third-order valence-electron chi connectivity index (χ3n) is 5.40. The number of nitrogens with zero attached hydrogens (tertiary/aromatic N) is 3. The molecule has 2 saturated heterocycles. The molecule has 0 unspecified atom stereocenters. The van der Waals surface area contributed by atoms with Gasteiger partial charge in [0.1, 0.15) is 17.4 Å². The number of hydrogen-bond donors (Lipinski definition) is 5. The van der Waals surface area contributed by atoms with Gasteiger partial charge in [0.05, 0.1) is 0 Å². The van der Waals surface area contributed by atoms with Crippen LogP contribution in [0.1, 0.15) is 19.3 Å². The summed E-state index contributed by atoms with van der Waals surface area (Å²) >= 11 is 6.08. The number of amides is 4. The van der Waals surface area contributed by atoms with Crippen molar-refractivity contribution in [3.63, 3.8) is 0 Å². The van der Waals surface area contributed by atoms with Gasteiger partial charge in [0, 0.05) is 35.3 Å². The first-order chi connectivity index (χ1) is 16.9. The minimum atomic E-state index is -0.567. The van der Waals surface area contributed by atoms with E-state index in [1.807, 2.05) is 12.1 Å². The molecule has 11 nitrogen and oxygen atoms in total. The maximum Gasteiger partial charge on any atom is 0.326 e. The second-order valence-corrected chi connectivity index (χ2v) is 8.40. The summed E-state index contributed by atoms with van der Waals surface area (Å²) in [5, 5.41) is 20.3. The monoisotopic (exact) mass is 496 g/mol. The highest BCUT2D eigenvalue weighted by Gasteiger charge is 2.26. The smallest absolute Gasteiger partial charge is 0.326 e. The normalized spacial score (nSPS) is 20.0. The Hall–Kier alpha value is -3.96. The molecule has 0 atom stereocenters. The minimum absolute atomic E-state index is 0.109. The number of piperidine rings is 1. The molecule has 1 aromatic rings. The molecule has 0 aliphatic carbocycles. The van der Waals surface area contributed by atoms with Crippen molar-refractivity contribution < 1.29 is 14.4 Å². The highest BCUT2D eigenvalue weighted by Crippen LogP contribution is 2.21. The van der Waals surface area contributed by atoms with E-state index in [9.17, 15) is 14.4 Å². The summed E-state index contributed by atoms with van der Waals surface area (Å²) in [5.41, 5.74) is 0.879. The van der Waals surface area contributed by atoms with E-state index in [1.165, 1.54) is 17.3 Å². The Kier molecular flexibility index (Phi) is 7.58. The van der Waals surface area contributed by atoms with Crippen molar-refractivity contribution >= 4 is 47.2 Å². The van der Waals surface area contributed by atoms with Gasteiger partial charge in [0.2, 0.25) is 5.91 Å². The highest BCUT2D eigenvalue weighted by molar-refractivity contribution is 6.31. The lowest BCUT2D eigenvalue weighted by atomic mass is 9.97. The van der Waals surface area contributed by atoms with Gasteiger partial charge in [-0.05, 0) is 50.2 Å². The van der Waals surface area contributed by atoms with Gasteiger partial charge in [-0.2, -0.15) is 10.1 Å². The summed E-state index contributed by atoms with van der Waals surface area (Å²) in [6.45, 7) is 5.54. The summed E-state index contributed by atoms with van der Waals surface area (Å²) < 4.78 is 0. The summed E-state index contributed by atoms with van der Waals surface area (Å²) in [4.78, 5) is 40.2. The zero-order chi connectivity index (χ0) is 24.8. The molecule has 5 N–H and O–H groups in total. The van der Waals surface area contributed by atoms with Crippen LogP contribution in [0.4, 0.5) is 10.5 Å². The fraction of sp³-hybridized carbons (Fsp3) is 0.261. The van der Waals surface area contributed by atoms with Gasteiger partial charge in [-0.1, -0.05) is 24.2 Å². The average molecular weight is 497 g/mol. The number of hydrazone groups is 1. The molecule has 0 radical (unpaired) electrons. The lowest BCUT2D eigenvalue weighted by Crippen LogP contribution is -2.41. The molecular formula is C23H25ClN8O3. The Labute approximate surface area is 207 Å². The van der Waals surface area contributed by atoms with E-state index >= 15 is 0 Å². The lowest BCUT2D eigenvalue weighted by molar-refractivity contribution is -0.125. The number of benzene rings is 1. The number of rotatable bonds is 6. The second kappa shape index (κ2) is 11.0. The topological polar surface area (TPSA) is 139 Å². The van der Waals surface area contributed by atoms with Crippen LogP contribution in [0, 0.1) is 5.92 Å². The van der Waals surface area contributed by atoms with Gasteiger partial charge in [0.25, 0.3) is 5.91 Å². The maximum absolute atomic E-state index is 12.9. The first-order valence-electron chi connectivity index (χ1n) is 11.1. The molecule has 0 aromatic heterocycles. The number of halogens is 1. The number of hydrogen-bond acceptors (Lipinski definition) is 8. The van der Waals surface area contributed by atoms with E-state index in [2.05, 4.69) is 43.3 Å². The molecular weight excluding hydrogens is 472 g/mol. The Balaban J connectivity index is 1.51. The number of aliphatic imine (C=N–C) groups is 1. The molecule has 3 aliphatic rings. The number of nitrogens with one attached hydrogen (secondary N) is 5. The largest absolute Gasteiger partial charge is 0.340 e. The summed E-state index contributed by atoms with van der Waals surface area (Å²) in [5.74, 6) is 0.386. The van der Waals surface area contributed by atoms with Gasteiger partial charge in [-0.3, -0.25) is 14.9 Å². The highest BCUT2D eigenvalue weighted by atomic mass is 35.5. The van der Waals surface area contributed by atoms with Crippen LogP contribution in [-0.2, 0) is 9.59 Å². The van der Waals surface area contributed by atoms with Crippen molar-refractivity contribution in [1.82, 2.24) is 26.3 Å². The van der Waals surface area contributed by atoms with Crippen LogP contribution in [-0.4, -0.2) is 48.0 Å². The number of carbonyl (C=O) groups excluding carboxylic acids is 3. The summed E-state index contributed by atoms with van der Waals surface area (Å²) in [6.07, 6.45) is 6.45. The predicted molar refractivity (Wildman–Crippen MR) is 133 cm³/mol. The predicted octanol–water partition coefficient (Wildman–Crippen LogP) is 1.99. The zero-order valence-electron chi connectivity index (χ0n) is 18.8. The molecule has 0 bridgehead atoms. The quantitative estimate of drug-likeness (QED) is 0.232. The van der Waals surface area contributed by atoms with Gasteiger partial charge in [0.15, 0.2) is 5.82 Å². The van der Waals surface area contributed by atoms with Gasteiger partial charge < -0.3 is 21.3 Å². The van der Waals surface area contributed by atoms with Crippen molar-refractivity contribution in [2.75, 3.05) is 18.4 Å². The van der Waals surface area contributed by atoms with Crippen LogP contribution in [0.5, 0.6) is 0 Å². The summed E-state index contributed by atoms with van der Waals surface area (Å²) in [6, 6.07) is 6.60. The van der Waals surface area contributed by atoms with Crippen LogP contribution in [0.25, 0.3) is 0 Å². The maximum atomic E-state index is 12.9. The molecule has 182 valence electrons. The van der Waals surface area contributed by atoms with E-state index in [0.717, 1.165) is 31.6 Å².